The van der Waals surface area contributed by atoms with Crippen LogP contribution >= 0.6 is 22.6 Å². The summed E-state index contributed by atoms with van der Waals surface area (Å²) in [7, 11) is 1.56. The van der Waals surface area contributed by atoms with E-state index in [9.17, 15) is 14.0 Å². The molecular weight excluding hydrogens is 478 g/mol. The molecule has 3 rings (SSSR count). The topological polar surface area (TPSA) is 67.9 Å². The first kappa shape index (κ1) is 20.1. The Labute approximate surface area is 175 Å². The van der Waals surface area contributed by atoms with Crippen LogP contribution in [0.15, 0.2) is 42.1 Å². The molecule has 0 radical (unpaired) electrons. The maximum Gasteiger partial charge on any atom is 0.329 e. The number of urea groups is 1. The molecule has 0 atom stereocenters. The molecule has 0 aliphatic carbocycles. The SMILES string of the molecule is CCOc1cc(/C=C2/NC(=O)N(Cc3ccccc3F)C2=O)cc(I)c1OC. The molecule has 6 nitrogen and oxygen atoms in total. The molecule has 3 amide bonds. The van der Waals surface area contributed by atoms with Gasteiger partial charge in [-0.2, -0.15) is 0 Å². The summed E-state index contributed by atoms with van der Waals surface area (Å²) in [6.45, 7) is 2.18. The monoisotopic (exact) mass is 496 g/mol. The van der Waals surface area contributed by atoms with E-state index in [1.165, 1.54) is 12.1 Å². The van der Waals surface area contributed by atoms with Crippen molar-refractivity contribution in [3.05, 3.63) is 62.6 Å². The highest BCUT2D eigenvalue weighted by Crippen LogP contribution is 2.34. The Bertz CT molecular complexity index is 961. The number of rotatable bonds is 6. The molecule has 0 saturated carbocycles. The van der Waals surface area contributed by atoms with E-state index in [-0.39, 0.29) is 17.8 Å². The van der Waals surface area contributed by atoms with Crippen LogP contribution in [-0.4, -0.2) is 30.6 Å². The number of ether oxygens (including phenoxy) is 2. The van der Waals surface area contributed by atoms with Crippen LogP contribution in [0.1, 0.15) is 18.1 Å². The molecule has 1 aliphatic rings. The van der Waals surface area contributed by atoms with Gasteiger partial charge in [-0.25, -0.2) is 9.18 Å². The first-order valence-electron chi connectivity index (χ1n) is 8.52. The first-order chi connectivity index (χ1) is 13.4. The molecule has 0 spiro atoms. The van der Waals surface area contributed by atoms with E-state index >= 15 is 0 Å². The van der Waals surface area contributed by atoms with Crippen molar-refractivity contribution < 1.29 is 23.5 Å². The number of benzene rings is 2. The van der Waals surface area contributed by atoms with Crippen LogP contribution in [-0.2, 0) is 11.3 Å². The maximum atomic E-state index is 13.9. The second kappa shape index (κ2) is 8.59. The van der Waals surface area contributed by atoms with E-state index in [0.29, 0.717) is 23.7 Å². The maximum absolute atomic E-state index is 13.9. The predicted octanol–water partition coefficient (Wildman–Crippen LogP) is 3.93. The van der Waals surface area contributed by atoms with Gasteiger partial charge in [-0.05, 0) is 59.4 Å². The van der Waals surface area contributed by atoms with E-state index in [2.05, 4.69) is 27.9 Å². The summed E-state index contributed by atoms with van der Waals surface area (Å²) in [5.74, 6) is 0.167. The second-order valence-electron chi connectivity index (χ2n) is 5.94. The van der Waals surface area contributed by atoms with E-state index in [0.717, 1.165) is 8.47 Å². The van der Waals surface area contributed by atoms with Crippen molar-refractivity contribution in [2.75, 3.05) is 13.7 Å². The largest absolute Gasteiger partial charge is 0.492 e. The van der Waals surface area contributed by atoms with Crippen LogP contribution in [0.5, 0.6) is 11.5 Å². The highest BCUT2D eigenvalue weighted by molar-refractivity contribution is 14.1. The molecule has 1 saturated heterocycles. The van der Waals surface area contributed by atoms with Crippen molar-refractivity contribution in [2.45, 2.75) is 13.5 Å². The van der Waals surface area contributed by atoms with E-state index in [4.69, 9.17) is 9.47 Å². The van der Waals surface area contributed by atoms with Gasteiger partial charge in [0.05, 0.1) is 23.8 Å². The zero-order chi connectivity index (χ0) is 20.3. The fraction of sp³-hybridized carbons (Fsp3) is 0.200. The zero-order valence-electron chi connectivity index (χ0n) is 15.3. The van der Waals surface area contributed by atoms with Crippen LogP contribution < -0.4 is 14.8 Å². The molecule has 1 aliphatic heterocycles. The highest BCUT2D eigenvalue weighted by Gasteiger charge is 2.34. The third-order valence-corrected chi connectivity index (χ3v) is 4.90. The fourth-order valence-electron chi connectivity index (χ4n) is 2.81. The zero-order valence-corrected chi connectivity index (χ0v) is 17.4. The Hall–Kier alpha value is -2.62. The number of nitrogens with zero attached hydrogens (tertiary/aromatic N) is 1. The summed E-state index contributed by atoms with van der Waals surface area (Å²) in [4.78, 5) is 25.8. The van der Waals surface area contributed by atoms with Crippen molar-refractivity contribution in [1.29, 1.82) is 0 Å². The van der Waals surface area contributed by atoms with Gasteiger partial charge in [0.15, 0.2) is 11.5 Å². The van der Waals surface area contributed by atoms with Crippen LogP contribution in [0.3, 0.4) is 0 Å². The molecule has 1 fully saturated rings. The summed E-state index contributed by atoms with van der Waals surface area (Å²) in [5.41, 5.74) is 1.06. The third-order valence-electron chi connectivity index (χ3n) is 4.10. The molecule has 1 heterocycles. The van der Waals surface area contributed by atoms with Crippen molar-refractivity contribution in [3.63, 3.8) is 0 Å². The van der Waals surface area contributed by atoms with Crippen LogP contribution in [0.25, 0.3) is 6.08 Å². The average Bonchev–Trinajstić information content (AvgIpc) is 2.91. The van der Waals surface area contributed by atoms with Crippen molar-refractivity contribution >= 4 is 40.6 Å². The lowest BCUT2D eigenvalue weighted by atomic mass is 10.1. The Morgan fingerprint density at radius 2 is 2.00 bits per heavy atom. The molecule has 8 heteroatoms. The molecular formula is C20H18FIN2O4. The lowest BCUT2D eigenvalue weighted by Gasteiger charge is -2.13. The quantitative estimate of drug-likeness (QED) is 0.374. The molecule has 0 bridgehead atoms. The minimum Gasteiger partial charge on any atom is -0.492 e. The van der Waals surface area contributed by atoms with Gasteiger partial charge in [0, 0.05) is 5.56 Å². The van der Waals surface area contributed by atoms with Gasteiger partial charge in [-0.15, -0.1) is 0 Å². The number of carbonyl (C=O) groups excluding carboxylic acids is 2. The van der Waals surface area contributed by atoms with Gasteiger partial charge in [-0.3, -0.25) is 9.69 Å². The number of hydrogen-bond acceptors (Lipinski definition) is 4. The summed E-state index contributed by atoms with van der Waals surface area (Å²) in [5, 5.41) is 2.54. The summed E-state index contributed by atoms with van der Waals surface area (Å²) < 4.78 is 25.6. The minimum absolute atomic E-state index is 0.116. The second-order valence-corrected chi connectivity index (χ2v) is 7.10. The number of imide groups is 1. The van der Waals surface area contributed by atoms with E-state index < -0.39 is 17.8 Å². The molecule has 0 aromatic heterocycles. The smallest absolute Gasteiger partial charge is 0.329 e. The van der Waals surface area contributed by atoms with Crippen LogP contribution in [0.4, 0.5) is 9.18 Å². The third kappa shape index (κ3) is 4.11. The standard InChI is InChI=1S/C20H18FIN2O4/c1-3-28-17-10-12(8-15(22)18(17)27-2)9-16-19(25)24(20(26)23-16)11-13-6-4-5-7-14(13)21/h4-10H,3,11H2,1-2H3,(H,23,26)/b16-9+. The van der Waals surface area contributed by atoms with E-state index in [1.54, 1.807) is 31.4 Å². The number of halogens is 2. The van der Waals surface area contributed by atoms with Crippen LogP contribution in [0, 0.1) is 9.39 Å². The van der Waals surface area contributed by atoms with Gasteiger partial charge < -0.3 is 14.8 Å². The Kier molecular flexibility index (Phi) is 6.18. The Morgan fingerprint density at radius 3 is 2.68 bits per heavy atom. The number of nitrogens with one attached hydrogen (secondary N) is 1. The fourth-order valence-corrected chi connectivity index (χ4v) is 3.66. The highest BCUT2D eigenvalue weighted by atomic mass is 127. The van der Waals surface area contributed by atoms with Crippen molar-refractivity contribution in [1.82, 2.24) is 10.2 Å². The van der Waals surface area contributed by atoms with Crippen molar-refractivity contribution in [2.24, 2.45) is 0 Å². The Balaban J connectivity index is 1.88. The minimum atomic E-state index is -0.590. The average molecular weight is 496 g/mol. The number of amides is 3. The lowest BCUT2D eigenvalue weighted by molar-refractivity contribution is -0.123. The molecule has 2 aromatic carbocycles. The summed E-state index contributed by atoms with van der Waals surface area (Å²) in [6, 6.07) is 8.99. The van der Waals surface area contributed by atoms with Gasteiger partial charge in [-0.1, -0.05) is 18.2 Å². The predicted molar refractivity (Wildman–Crippen MR) is 110 cm³/mol. The number of carbonyl (C=O) groups is 2. The number of hydrogen-bond donors (Lipinski definition) is 1. The van der Waals surface area contributed by atoms with Gasteiger partial charge in [0.1, 0.15) is 11.5 Å². The molecule has 28 heavy (non-hydrogen) atoms. The lowest BCUT2D eigenvalue weighted by Crippen LogP contribution is -2.30. The van der Waals surface area contributed by atoms with Gasteiger partial charge in [0.2, 0.25) is 0 Å². The molecule has 1 N–H and O–H groups in total. The molecule has 146 valence electrons. The normalized spacial score (nSPS) is 15.1. The molecule has 0 unspecified atom stereocenters. The molecule has 2 aromatic rings. The summed E-state index contributed by atoms with van der Waals surface area (Å²) >= 11 is 2.11. The first-order valence-corrected chi connectivity index (χ1v) is 9.60. The van der Waals surface area contributed by atoms with E-state index in [1.807, 2.05) is 13.0 Å². The number of methoxy groups -OCH3 is 1. The Morgan fingerprint density at radius 1 is 1.25 bits per heavy atom. The van der Waals surface area contributed by atoms with Crippen molar-refractivity contribution in [3.8, 4) is 11.5 Å². The van der Waals surface area contributed by atoms with Gasteiger partial charge >= 0.3 is 6.03 Å². The summed E-state index contributed by atoms with van der Waals surface area (Å²) in [6.07, 6.45) is 1.56. The van der Waals surface area contributed by atoms with Crippen LogP contribution in [0.2, 0.25) is 0 Å². The van der Waals surface area contributed by atoms with Gasteiger partial charge in [0.25, 0.3) is 5.91 Å².